The number of fused-ring (bicyclic) bond motifs is 9. The van der Waals surface area contributed by atoms with Gasteiger partial charge in [-0.1, -0.05) is 143 Å². The van der Waals surface area contributed by atoms with Gasteiger partial charge in [-0.05, 0) is 134 Å². The van der Waals surface area contributed by atoms with E-state index in [1.807, 2.05) is 18.5 Å². The lowest BCUT2D eigenvalue weighted by molar-refractivity contribution is 0.660. The third kappa shape index (κ3) is 5.34. The minimum atomic E-state index is -0.108. The van der Waals surface area contributed by atoms with E-state index in [-0.39, 0.29) is 10.8 Å². The Morgan fingerprint density at radius 1 is 0.419 bits per heavy atom. The molecule has 0 aliphatic heterocycles. The molecule has 0 atom stereocenters. The van der Waals surface area contributed by atoms with Crippen LogP contribution in [0.4, 0.5) is 17.1 Å². The minimum absolute atomic E-state index is 0.0836. The highest BCUT2D eigenvalue weighted by molar-refractivity contribution is 6.13. The monoisotopic (exact) mass is 795 g/mol. The van der Waals surface area contributed by atoms with Crippen molar-refractivity contribution in [2.45, 2.75) is 38.5 Å². The van der Waals surface area contributed by atoms with Crippen molar-refractivity contribution >= 4 is 38.9 Å². The Bertz CT molecular complexity index is 3370. The molecule has 0 saturated heterocycles. The molecule has 0 saturated carbocycles. The van der Waals surface area contributed by atoms with E-state index in [0.29, 0.717) is 0 Å². The van der Waals surface area contributed by atoms with E-state index < -0.39 is 0 Å². The SMILES string of the molecule is CC1(C)c2ccccc2-c2cc3c4cc(-c5ccc(N(c6ccc(-c7cccnc7)cc6)c6cccc7c6-c6ccccc6C7(C)C)cc5)ccc4n(-c4ccccc4)c3cc21. The molecule has 296 valence electrons. The minimum Gasteiger partial charge on any atom is -0.310 e. The Kier molecular flexibility index (Phi) is 7.92. The molecule has 0 unspecified atom stereocenters. The molecule has 0 N–H and O–H groups in total. The van der Waals surface area contributed by atoms with Gasteiger partial charge in [0.2, 0.25) is 0 Å². The number of para-hydroxylation sites is 1. The first-order valence-corrected chi connectivity index (χ1v) is 21.7. The standard InChI is InChI=1S/C59H45N3/c1-58(2)51-20-11-9-18-46(51)57-52(58)21-12-22-55(57)61(44-30-25-39(26-31-44)41-14-13-33-60-37-41)43-28-23-38(24-29-43)40-27-32-54-48(34-40)49-35-47-45-17-8-10-19-50(45)59(3,4)53(47)36-56(49)62(54)42-15-6-5-7-16-42/h5-37H,1-4H3. The lowest BCUT2D eigenvalue weighted by atomic mass is 9.82. The molecule has 0 bridgehead atoms. The van der Waals surface area contributed by atoms with Gasteiger partial charge in [-0.25, -0.2) is 0 Å². The summed E-state index contributed by atoms with van der Waals surface area (Å²) < 4.78 is 2.45. The number of hydrogen-bond acceptors (Lipinski definition) is 2. The molecule has 0 radical (unpaired) electrons. The summed E-state index contributed by atoms with van der Waals surface area (Å²) in [5, 5.41) is 2.53. The summed E-state index contributed by atoms with van der Waals surface area (Å²) in [7, 11) is 0. The maximum atomic E-state index is 4.38. The number of anilines is 3. The molecule has 3 heteroatoms. The Labute approximate surface area is 363 Å². The van der Waals surface area contributed by atoms with E-state index in [2.05, 4.69) is 224 Å². The van der Waals surface area contributed by atoms with Crippen LogP contribution in [0.15, 0.2) is 200 Å². The van der Waals surface area contributed by atoms with Crippen LogP contribution in [0.1, 0.15) is 49.9 Å². The number of nitrogens with zero attached hydrogens (tertiary/aromatic N) is 3. The predicted molar refractivity (Wildman–Crippen MR) is 259 cm³/mol. The number of pyridine rings is 1. The normalized spacial score (nSPS) is 14.1. The summed E-state index contributed by atoms with van der Waals surface area (Å²) in [4.78, 5) is 6.82. The van der Waals surface area contributed by atoms with Gasteiger partial charge in [0.1, 0.15) is 0 Å². The molecule has 2 heterocycles. The van der Waals surface area contributed by atoms with Crippen LogP contribution in [0.25, 0.3) is 72.0 Å². The molecule has 0 amide bonds. The van der Waals surface area contributed by atoms with E-state index in [1.165, 1.54) is 88.8 Å². The number of hydrogen-bond donors (Lipinski definition) is 0. The van der Waals surface area contributed by atoms with Crippen molar-refractivity contribution in [3.63, 3.8) is 0 Å². The fourth-order valence-corrected chi connectivity index (χ4v) is 10.7. The quantitative estimate of drug-likeness (QED) is 0.167. The third-order valence-electron chi connectivity index (χ3n) is 13.9. The maximum Gasteiger partial charge on any atom is 0.0544 e. The summed E-state index contributed by atoms with van der Waals surface area (Å²) in [5.41, 5.74) is 22.2. The molecule has 10 aromatic rings. The van der Waals surface area contributed by atoms with Gasteiger partial charge in [0.25, 0.3) is 0 Å². The average molecular weight is 796 g/mol. The van der Waals surface area contributed by atoms with Crippen LogP contribution in [0.3, 0.4) is 0 Å². The van der Waals surface area contributed by atoms with Crippen LogP contribution in [0, 0.1) is 0 Å². The molecular weight excluding hydrogens is 751 g/mol. The van der Waals surface area contributed by atoms with Crippen molar-refractivity contribution < 1.29 is 0 Å². The number of rotatable bonds is 6. The summed E-state index contributed by atoms with van der Waals surface area (Å²) >= 11 is 0. The molecule has 2 aromatic heterocycles. The molecule has 12 rings (SSSR count). The molecule has 3 nitrogen and oxygen atoms in total. The second kappa shape index (κ2) is 13.5. The topological polar surface area (TPSA) is 21.1 Å². The summed E-state index contributed by atoms with van der Waals surface area (Å²) in [6.07, 6.45) is 3.75. The predicted octanol–water partition coefficient (Wildman–Crippen LogP) is 15.6. The van der Waals surface area contributed by atoms with Crippen LogP contribution in [-0.4, -0.2) is 9.55 Å². The van der Waals surface area contributed by atoms with Crippen LogP contribution >= 0.6 is 0 Å². The van der Waals surface area contributed by atoms with E-state index in [9.17, 15) is 0 Å². The Hall–Kier alpha value is -7.49. The van der Waals surface area contributed by atoms with E-state index >= 15 is 0 Å². The lowest BCUT2D eigenvalue weighted by Crippen LogP contribution is -2.16. The highest BCUT2D eigenvalue weighted by Crippen LogP contribution is 2.55. The van der Waals surface area contributed by atoms with Gasteiger partial charge in [0.05, 0.1) is 16.7 Å². The van der Waals surface area contributed by atoms with Crippen molar-refractivity contribution in [1.82, 2.24) is 9.55 Å². The molecule has 62 heavy (non-hydrogen) atoms. The van der Waals surface area contributed by atoms with Gasteiger partial charge in [0.15, 0.2) is 0 Å². The van der Waals surface area contributed by atoms with Crippen LogP contribution in [-0.2, 0) is 10.8 Å². The second-order valence-electron chi connectivity index (χ2n) is 18.0. The van der Waals surface area contributed by atoms with Crippen molar-refractivity contribution in [2.24, 2.45) is 0 Å². The zero-order valence-corrected chi connectivity index (χ0v) is 35.4. The van der Waals surface area contributed by atoms with Crippen LogP contribution in [0.5, 0.6) is 0 Å². The van der Waals surface area contributed by atoms with E-state index in [0.717, 1.165) is 22.5 Å². The fourth-order valence-electron chi connectivity index (χ4n) is 10.7. The van der Waals surface area contributed by atoms with Crippen LogP contribution in [0.2, 0.25) is 0 Å². The highest BCUT2D eigenvalue weighted by atomic mass is 15.1. The van der Waals surface area contributed by atoms with Crippen molar-refractivity contribution in [3.05, 3.63) is 223 Å². The Morgan fingerprint density at radius 2 is 1.02 bits per heavy atom. The number of benzene rings is 8. The first-order chi connectivity index (χ1) is 30.3. The van der Waals surface area contributed by atoms with Gasteiger partial charge in [-0.3, -0.25) is 4.98 Å². The highest BCUT2D eigenvalue weighted by Gasteiger charge is 2.38. The molecule has 0 spiro atoms. The molecule has 8 aromatic carbocycles. The van der Waals surface area contributed by atoms with Gasteiger partial charge >= 0.3 is 0 Å². The Balaban J connectivity index is 1.01. The molecule has 2 aliphatic carbocycles. The largest absolute Gasteiger partial charge is 0.310 e. The summed E-state index contributed by atoms with van der Waals surface area (Å²) in [5.74, 6) is 0. The van der Waals surface area contributed by atoms with E-state index in [1.54, 1.807) is 0 Å². The lowest BCUT2D eigenvalue weighted by Gasteiger charge is -2.29. The second-order valence-corrected chi connectivity index (χ2v) is 18.0. The van der Waals surface area contributed by atoms with Gasteiger partial charge in [-0.15, -0.1) is 0 Å². The number of aromatic nitrogens is 2. The first kappa shape index (κ1) is 36.4. The molecule has 0 fully saturated rings. The average Bonchev–Trinajstić information content (AvgIpc) is 3.86. The zero-order chi connectivity index (χ0) is 41.7. The van der Waals surface area contributed by atoms with Gasteiger partial charge < -0.3 is 9.47 Å². The first-order valence-electron chi connectivity index (χ1n) is 21.7. The Morgan fingerprint density at radius 3 is 1.73 bits per heavy atom. The van der Waals surface area contributed by atoms with Gasteiger partial charge in [0, 0.05) is 56.6 Å². The van der Waals surface area contributed by atoms with Crippen LogP contribution < -0.4 is 4.90 Å². The summed E-state index contributed by atoms with van der Waals surface area (Å²) in [6, 6.07) is 69.6. The summed E-state index contributed by atoms with van der Waals surface area (Å²) in [6.45, 7) is 9.43. The van der Waals surface area contributed by atoms with Crippen molar-refractivity contribution in [2.75, 3.05) is 4.90 Å². The molecule has 2 aliphatic rings. The maximum absolute atomic E-state index is 4.38. The third-order valence-corrected chi connectivity index (χ3v) is 13.9. The fraction of sp³-hybridized carbons (Fsp3) is 0.102. The smallest absolute Gasteiger partial charge is 0.0544 e. The van der Waals surface area contributed by atoms with E-state index in [4.69, 9.17) is 0 Å². The van der Waals surface area contributed by atoms with Crippen molar-refractivity contribution in [3.8, 4) is 50.2 Å². The molecular formula is C59H45N3. The zero-order valence-electron chi connectivity index (χ0n) is 35.4. The van der Waals surface area contributed by atoms with Crippen molar-refractivity contribution in [1.29, 1.82) is 0 Å². The van der Waals surface area contributed by atoms with Gasteiger partial charge in [-0.2, -0.15) is 0 Å².